The summed E-state index contributed by atoms with van der Waals surface area (Å²) in [6, 6.07) is 8.48. The predicted molar refractivity (Wildman–Crippen MR) is 66.5 cm³/mol. The van der Waals surface area contributed by atoms with Gasteiger partial charge in [-0.25, -0.2) is 4.98 Å². The van der Waals surface area contributed by atoms with E-state index in [-0.39, 0.29) is 6.04 Å². The third-order valence-corrected chi connectivity index (χ3v) is 3.23. The summed E-state index contributed by atoms with van der Waals surface area (Å²) in [6.07, 6.45) is 4.48. The fraction of sp³-hybridized carbons (Fsp3) is 0.250. The summed E-state index contributed by atoms with van der Waals surface area (Å²) in [7, 11) is 0. The fourth-order valence-corrected chi connectivity index (χ4v) is 2.41. The lowest BCUT2D eigenvalue weighted by Gasteiger charge is -2.09. The average Bonchev–Trinajstić information content (AvgIpc) is 2.73. The van der Waals surface area contributed by atoms with Crippen molar-refractivity contribution in [3.05, 3.63) is 42.2 Å². The molecular formula is C12H15N3S. The minimum absolute atomic E-state index is 0.179. The third kappa shape index (κ3) is 2.87. The van der Waals surface area contributed by atoms with Crippen molar-refractivity contribution in [2.75, 3.05) is 0 Å². The monoisotopic (exact) mass is 233 g/mol. The van der Waals surface area contributed by atoms with Crippen LogP contribution in [0.15, 0.2) is 46.7 Å². The van der Waals surface area contributed by atoms with Crippen molar-refractivity contribution in [3.8, 4) is 0 Å². The van der Waals surface area contributed by atoms with Crippen LogP contribution in [0.25, 0.3) is 0 Å². The molecule has 0 aliphatic heterocycles. The van der Waals surface area contributed by atoms with E-state index in [2.05, 4.69) is 22.1 Å². The van der Waals surface area contributed by atoms with E-state index in [1.807, 2.05) is 25.3 Å². The van der Waals surface area contributed by atoms with E-state index < -0.39 is 0 Å². The number of imidazole rings is 1. The Morgan fingerprint density at radius 1 is 1.44 bits per heavy atom. The highest BCUT2D eigenvalue weighted by molar-refractivity contribution is 7.99. The van der Waals surface area contributed by atoms with Crippen LogP contribution in [0.2, 0.25) is 0 Å². The quantitative estimate of drug-likeness (QED) is 0.853. The molecule has 1 aromatic heterocycles. The molecule has 1 atom stereocenters. The van der Waals surface area contributed by atoms with Crippen LogP contribution in [-0.4, -0.2) is 16.0 Å². The van der Waals surface area contributed by atoms with E-state index in [0.717, 1.165) is 11.6 Å². The van der Waals surface area contributed by atoms with Gasteiger partial charge in [-0.2, -0.15) is 0 Å². The Morgan fingerprint density at radius 2 is 2.25 bits per heavy atom. The summed E-state index contributed by atoms with van der Waals surface area (Å²) in [4.78, 5) is 8.51. The van der Waals surface area contributed by atoms with Crippen LogP contribution < -0.4 is 5.73 Å². The minimum atomic E-state index is 0.179. The number of nitrogens with one attached hydrogen (secondary N) is 1. The first-order chi connectivity index (χ1) is 7.75. The van der Waals surface area contributed by atoms with E-state index in [1.165, 1.54) is 10.5 Å². The molecule has 4 heteroatoms. The molecule has 3 N–H and O–H groups in total. The zero-order chi connectivity index (χ0) is 11.4. The van der Waals surface area contributed by atoms with Gasteiger partial charge in [0.15, 0.2) is 5.16 Å². The van der Waals surface area contributed by atoms with Crippen LogP contribution in [0.4, 0.5) is 0 Å². The molecule has 1 heterocycles. The van der Waals surface area contributed by atoms with Crippen LogP contribution in [0.5, 0.6) is 0 Å². The minimum Gasteiger partial charge on any atom is -0.339 e. The maximum absolute atomic E-state index is 5.83. The first-order valence-electron chi connectivity index (χ1n) is 5.26. The molecule has 0 spiro atoms. The van der Waals surface area contributed by atoms with Crippen LogP contribution in [0.3, 0.4) is 0 Å². The molecule has 0 radical (unpaired) electrons. The molecular weight excluding hydrogens is 218 g/mol. The topological polar surface area (TPSA) is 54.7 Å². The Hall–Kier alpha value is -1.26. The van der Waals surface area contributed by atoms with Gasteiger partial charge in [-0.3, -0.25) is 0 Å². The van der Waals surface area contributed by atoms with Crippen molar-refractivity contribution < 1.29 is 0 Å². The lowest BCUT2D eigenvalue weighted by Crippen LogP contribution is -2.18. The van der Waals surface area contributed by atoms with Gasteiger partial charge in [0.05, 0.1) is 0 Å². The summed E-state index contributed by atoms with van der Waals surface area (Å²) in [5.74, 6) is 0. The predicted octanol–water partition coefficient (Wildman–Crippen LogP) is 2.45. The normalized spacial score (nSPS) is 12.6. The second-order valence-electron chi connectivity index (χ2n) is 3.79. The number of nitrogens with zero attached hydrogens (tertiary/aromatic N) is 1. The number of nitrogens with two attached hydrogens (primary N) is 1. The molecule has 2 rings (SSSR count). The number of H-pyrrole nitrogens is 1. The van der Waals surface area contributed by atoms with Gasteiger partial charge in [0, 0.05) is 23.3 Å². The largest absolute Gasteiger partial charge is 0.339 e. The standard InChI is InChI=1S/C12H15N3S/c1-9(13)8-10-4-2-3-5-11(10)16-12-14-6-7-15-12/h2-7,9H,8,13H2,1H3,(H,14,15). The highest BCUT2D eigenvalue weighted by atomic mass is 32.2. The van der Waals surface area contributed by atoms with Gasteiger partial charge in [-0.15, -0.1) is 0 Å². The Kier molecular flexibility index (Phi) is 3.64. The van der Waals surface area contributed by atoms with E-state index in [1.54, 1.807) is 18.0 Å². The highest BCUT2D eigenvalue weighted by Crippen LogP contribution is 2.28. The summed E-state index contributed by atoms with van der Waals surface area (Å²) in [6.45, 7) is 2.02. The molecule has 1 aromatic carbocycles. The maximum Gasteiger partial charge on any atom is 0.170 e. The molecule has 0 amide bonds. The Balaban J connectivity index is 2.19. The van der Waals surface area contributed by atoms with Crippen molar-refractivity contribution in [1.82, 2.24) is 9.97 Å². The van der Waals surface area contributed by atoms with Gasteiger partial charge in [-0.05, 0) is 25.0 Å². The first kappa shape index (κ1) is 11.2. The summed E-state index contributed by atoms with van der Waals surface area (Å²) in [5, 5.41) is 0.914. The molecule has 0 aliphatic carbocycles. The molecule has 16 heavy (non-hydrogen) atoms. The van der Waals surface area contributed by atoms with Crippen molar-refractivity contribution in [1.29, 1.82) is 0 Å². The zero-order valence-corrected chi connectivity index (χ0v) is 10.00. The Labute approximate surface area is 99.5 Å². The molecule has 2 aromatic rings. The molecule has 0 saturated carbocycles. The first-order valence-corrected chi connectivity index (χ1v) is 6.08. The van der Waals surface area contributed by atoms with Crippen molar-refractivity contribution >= 4 is 11.8 Å². The number of aromatic amines is 1. The molecule has 84 valence electrons. The molecule has 0 bridgehead atoms. The molecule has 3 nitrogen and oxygen atoms in total. The van der Waals surface area contributed by atoms with Gasteiger partial charge in [-0.1, -0.05) is 30.0 Å². The molecule has 0 fully saturated rings. The SMILES string of the molecule is CC(N)Cc1ccccc1Sc1ncc[nH]1. The Bertz CT molecular complexity index is 437. The number of hydrogen-bond acceptors (Lipinski definition) is 3. The van der Waals surface area contributed by atoms with Crippen LogP contribution in [0, 0.1) is 0 Å². The number of aromatic nitrogens is 2. The Morgan fingerprint density at radius 3 is 2.94 bits per heavy atom. The lowest BCUT2D eigenvalue weighted by molar-refractivity contribution is 0.729. The second-order valence-corrected chi connectivity index (χ2v) is 4.82. The average molecular weight is 233 g/mol. The fourth-order valence-electron chi connectivity index (χ4n) is 1.53. The maximum atomic E-state index is 5.83. The van der Waals surface area contributed by atoms with E-state index in [9.17, 15) is 0 Å². The van der Waals surface area contributed by atoms with E-state index in [4.69, 9.17) is 5.73 Å². The van der Waals surface area contributed by atoms with Gasteiger partial charge in [0.25, 0.3) is 0 Å². The molecule has 1 unspecified atom stereocenters. The van der Waals surface area contributed by atoms with Crippen LogP contribution >= 0.6 is 11.8 Å². The van der Waals surface area contributed by atoms with Crippen molar-refractivity contribution in [3.63, 3.8) is 0 Å². The number of benzene rings is 1. The van der Waals surface area contributed by atoms with E-state index in [0.29, 0.717) is 0 Å². The lowest BCUT2D eigenvalue weighted by atomic mass is 10.1. The zero-order valence-electron chi connectivity index (χ0n) is 9.18. The van der Waals surface area contributed by atoms with Crippen molar-refractivity contribution in [2.24, 2.45) is 5.73 Å². The van der Waals surface area contributed by atoms with Crippen LogP contribution in [-0.2, 0) is 6.42 Å². The smallest absolute Gasteiger partial charge is 0.170 e. The molecule has 0 saturated heterocycles. The van der Waals surface area contributed by atoms with Crippen molar-refractivity contribution in [2.45, 2.75) is 29.4 Å². The van der Waals surface area contributed by atoms with Gasteiger partial charge in [0.2, 0.25) is 0 Å². The third-order valence-electron chi connectivity index (χ3n) is 2.19. The summed E-state index contributed by atoms with van der Waals surface area (Å²) >= 11 is 1.64. The highest BCUT2D eigenvalue weighted by Gasteiger charge is 2.06. The van der Waals surface area contributed by atoms with Gasteiger partial charge < -0.3 is 10.7 Å². The number of rotatable bonds is 4. The van der Waals surface area contributed by atoms with E-state index >= 15 is 0 Å². The number of hydrogen-bond donors (Lipinski definition) is 2. The summed E-state index contributed by atoms with van der Waals surface area (Å²) < 4.78 is 0. The summed E-state index contributed by atoms with van der Waals surface area (Å²) in [5.41, 5.74) is 7.11. The second kappa shape index (κ2) is 5.18. The van der Waals surface area contributed by atoms with Gasteiger partial charge >= 0.3 is 0 Å². The molecule has 0 aliphatic rings. The van der Waals surface area contributed by atoms with Gasteiger partial charge in [0.1, 0.15) is 0 Å². The van der Waals surface area contributed by atoms with Crippen LogP contribution in [0.1, 0.15) is 12.5 Å².